The first kappa shape index (κ1) is 9.47. The lowest BCUT2D eigenvalue weighted by Gasteiger charge is -2.42. The quantitative estimate of drug-likeness (QED) is 0.599. The van der Waals surface area contributed by atoms with Crippen LogP contribution in [0.2, 0.25) is 0 Å². The smallest absolute Gasteiger partial charge is 0.0905 e. The molecule has 13 heavy (non-hydrogen) atoms. The van der Waals surface area contributed by atoms with E-state index in [4.69, 9.17) is 0 Å². The monoisotopic (exact) mass is 184 g/mol. The van der Waals surface area contributed by atoms with Gasteiger partial charge >= 0.3 is 0 Å². The Kier molecular flexibility index (Phi) is 1.54. The summed E-state index contributed by atoms with van der Waals surface area (Å²) in [6, 6.07) is 0. The number of rotatable bonds is 0. The topological polar surface area (TPSA) is 40.5 Å². The van der Waals surface area contributed by atoms with Gasteiger partial charge in [0.2, 0.25) is 0 Å². The van der Waals surface area contributed by atoms with Crippen molar-refractivity contribution in [1.29, 1.82) is 0 Å². The molecule has 4 atom stereocenters. The van der Waals surface area contributed by atoms with Gasteiger partial charge in [-0.1, -0.05) is 13.8 Å². The van der Waals surface area contributed by atoms with E-state index in [9.17, 15) is 10.2 Å². The summed E-state index contributed by atoms with van der Waals surface area (Å²) in [6.07, 6.45) is 1.50. The third-order valence-electron chi connectivity index (χ3n) is 4.68. The molecule has 2 saturated carbocycles. The van der Waals surface area contributed by atoms with E-state index in [1.54, 1.807) is 13.8 Å². The molecule has 0 unspecified atom stereocenters. The lowest BCUT2D eigenvalue weighted by molar-refractivity contribution is -0.156. The maximum Gasteiger partial charge on any atom is 0.0905 e. The van der Waals surface area contributed by atoms with Crippen LogP contribution in [-0.2, 0) is 0 Å². The van der Waals surface area contributed by atoms with E-state index >= 15 is 0 Å². The van der Waals surface area contributed by atoms with Crippen LogP contribution >= 0.6 is 0 Å². The van der Waals surface area contributed by atoms with E-state index < -0.39 is 11.2 Å². The molecule has 2 nitrogen and oxygen atoms in total. The molecule has 2 aliphatic carbocycles. The van der Waals surface area contributed by atoms with E-state index in [2.05, 4.69) is 13.8 Å². The zero-order valence-electron chi connectivity index (χ0n) is 8.96. The number of fused-ring (bicyclic) bond motifs is 1. The summed E-state index contributed by atoms with van der Waals surface area (Å²) in [6.45, 7) is 7.99. The van der Waals surface area contributed by atoms with Gasteiger partial charge in [-0.15, -0.1) is 0 Å². The summed E-state index contributed by atoms with van der Waals surface area (Å²) < 4.78 is 0. The molecule has 0 aromatic carbocycles. The number of hydrogen-bond donors (Lipinski definition) is 2. The minimum atomic E-state index is -0.901. The van der Waals surface area contributed by atoms with E-state index in [-0.39, 0.29) is 0 Å². The lowest BCUT2D eigenvalue weighted by Crippen LogP contribution is -2.52. The highest BCUT2D eigenvalue weighted by Gasteiger charge is 2.66. The Labute approximate surface area is 80.0 Å². The summed E-state index contributed by atoms with van der Waals surface area (Å²) in [5.74, 6) is 1.23. The third-order valence-corrected chi connectivity index (χ3v) is 4.68. The first-order chi connectivity index (χ1) is 5.68. The second-order valence-electron chi connectivity index (χ2n) is 5.99. The molecule has 0 spiro atoms. The normalized spacial score (nSPS) is 58.6. The summed E-state index contributed by atoms with van der Waals surface area (Å²) in [7, 11) is 0. The first-order valence-electron chi connectivity index (χ1n) is 5.13. The zero-order chi connectivity index (χ0) is 10.1. The van der Waals surface area contributed by atoms with Gasteiger partial charge in [0.15, 0.2) is 0 Å². The summed E-state index contributed by atoms with van der Waals surface area (Å²) >= 11 is 0. The molecule has 2 aliphatic rings. The highest BCUT2D eigenvalue weighted by molar-refractivity contribution is 5.16. The van der Waals surface area contributed by atoms with Crippen LogP contribution in [0, 0.1) is 17.3 Å². The summed E-state index contributed by atoms with van der Waals surface area (Å²) in [4.78, 5) is 0. The van der Waals surface area contributed by atoms with E-state index in [0.717, 1.165) is 12.8 Å². The van der Waals surface area contributed by atoms with Crippen LogP contribution < -0.4 is 0 Å². The molecule has 2 fully saturated rings. The fraction of sp³-hybridized carbons (Fsp3) is 1.00. The maximum absolute atomic E-state index is 10.1. The largest absolute Gasteiger partial charge is 0.387 e. The van der Waals surface area contributed by atoms with Crippen molar-refractivity contribution < 1.29 is 10.2 Å². The van der Waals surface area contributed by atoms with Gasteiger partial charge in [-0.05, 0) is 43.9 Å². The second kappa shape index (κ2) is 2.12. The molecular formula is C11H20O2. The van der Waals surface area contributed by atoms with Crippen LogP contribution in [0.5, 0.6) is 0 Å². The predicted octanol–water partition coefficient (Wildman–Crippen LogP) is 1.55. The van der Waals surface area contributed by atoms with E-state index in [1.165, 1.54) is 0 Å². The van der Waals surface area contributed by atoms with Crippen molar-refractivity contribution in [3.8, 4) is 0 Å². The molecule has 76 valence electrons. The standard InChI is InChI=1S/C11H20O2/c1-9(2)7-5-10(3,12)11(4,13)6-8(7)9/h7-8,12-13H,5-6H2,1-4H3/t7-,8+,10-,11-/m1/s1. The van der Waals surface area contributed by atoms with Gasteiger partial charge in [-0.25, -0.2) is 0 Å². The summed E-state index contributed by atoms with van der Waals surface area (Å²) in [5, 5.41) is 20.2. The van der Waals surface area contributed by atoms with Crippen LogP contribution in [0.4, 0.5) is 0 Å². The van der Waals surface area contributed by atoms with Crippen LogP contribution in [0.3, 0.4) is 0 Å². The Morgan fingerprint density at radius 3 is 1.46 bits per heavy atom. The van der Waals surface area contributed by atoms with Gasteiger partial charge in [-0.2, -0.15) is 0 Å². The predicted molar refractivity (Wildman–Crippen MR) is 51.2 cm³/mol. The molecule has 0 radical (unpaired) electrons. The fourth-order valence-electron chi connectivity index (χ4n) is 2.96. The SMILES string of the molecule is CC1(C)[C@@H]2C[C@@](C)(O)[C@](C)(O)C[C@@H]21. The first-order valence-corrected chi connectivity index (χ1v) is 5.13. The van der Waals surface area contributed by atoms with Crippen molar-refractivity contribution in [2.75, 3.05) is 0 Å². The van der Waals surface area contributed by atoms with Crippen LogP contribution in [0.15, 0.2) is 0 Å². The minimum absolute atomic E-state index is 0.338. The third kappa shape index (κ3) is 1.08. The maximum atomic E-state index is 10.1. The molecule has 0 bridgehead atoms. The molecule has 0 aromatic heterocycles. The molecule has 2 rings (SSSR count). The summed E-state index contributed by atoms with van der Waals surface area (Å²) in [5.41, 5.74) is -1.46. The molecule has 2 N–H and O–H groups in total. The van der Waals surface area contributed by atoms with Gasteiger partial charge in [0.25, 0.3) is 0 Å². The van der Waals surface area contributed by atoms with Crippen molar-refractivity contribution in [1.82, 2.24) is 0 Å². The number of hydrogen-bond acceptors (Lipinski definition) is 2. The van der Waals surface area contributed by atoms with E-state index in [0.29, 0.717) is 17.3 Å². The minimum Gasteiger partial charge on any atom is -0.387 e. The lowest BCUT2D eigenvalue weighted by atomic mass is 9.74. The van der Waals surface area contributed by atoms with Crippen LogP contribution in [0.1, 0.15) is 40.5 Å². The zero-order valence-corrected chi connectivity index (χ0v) is 8.96. The van der Waals surface area contributed by atoms with Crippen LogP contribution in [0.25, 0.3) is 0 Å². The number of aliphatic hydroxyl groups is 2. The van der Waals surface area contributed by atoms with Crippen molar-refractivity contribution >= 4 is 0 Å². The van der Waals surface area contributed by atoms with E-state index in [1.807, 2.05) is 0 Å². The van der Waals surface area contributed by atoms with Gasteiger partial charge in [0.1, 0.15) is 0 Å². The Bertz CT molecular complexity index is 216. The van der Waals surface area contributed by atoms with Crippen molar-refractivity contribution in [3.63, 3.8) is 0 Å². The highest BCUT2D eigenvalue weighted by atomic mass is 16.4. The second-order valence-corrected chi connectivity index (χ2v) is 5.99. The molecule has 0 aromatic rings. The molecule has 0 aliphatic heterocycles. The van der Waals surface area contributed by atoms with Crippen LogP contribution in [-0.4, -0.2) is 21.4 Å². The van der Waals surface area contributed by atoms with Crippen molar-refractivity contribution in [2.24, 2.45) is 17.3 Å². The van der Waals surface area contributed by atoms with Gasteiger partial charge in [-0.3, -0.25) is 0 Å². The molecule has 0 heterocycles. The molecular weight excluding hydrogens is 164 g/mol. The van der Waals surface area contributed by atoms with Gasteiger partial charge in [0.05, 0.1) is 11.2 Å². The fourth-order valence-corrected chi connectivity index (χ4v) is 2.96. The molecule has 0 saturated heterocycles. The Morgan fingerprint density at radius 2 is 1.15 bits per heavy atom. The van der Waals surface area contributed by atoms with Gasteiger partial charge < -0.3 is 10.2 Å². The average molecular weight is 184 g/mol. The Balaban J connectivity index is 2.23. The Morgan fingerprint density at radius 1 is 0.846 bits per heavy atom. The van der Waals surface area contributed by atoms with Gasteiger partial charge in [0, 0.05) is 0 Å². The highest BCUT2D eigenvalue weighted by Crippen LogP contribution is 2.68. The average Bonchev–Trinajstić information content (AvgIpc) is 2.36. The van der Waals surface area contributed by atoms with Crippen molar-refractivity contribution in [2.45, 2.75) is 51.7 Å². The molecule has 0 amide bonds. The van der Waals surface area contributed by atoms with Crippen molar-refractivity contribution in [3.05, 3.63) is 0 Å². The molecule has 2 heteroatoms. The Hall–Kier alpha value is -0.0800.